The van der Waals surface area contributed by atoms with Crippen molar-refractivity contribution in [3.05, 3.63) is 40.5 Å². The Kier molecular flexibility index (Phi) is 7.19. The van der Waals surface area contributed by atoms with Gasteiger partial charge in [-0.15, -0.1) is 0 Å². The van der Waals surface area contributed by atoms with E-state index in [9.17, 15) is 13.6 Å². The highest BCUT2D eigenvalue weighted by Gasteiger charge is 2.35. The number of carbonyl (C=O) groups is 1. The third kappa shape index (κ3) is 5.71. The first-order chi connectivity index (χ1) is 16.1. The number of halogens is 3. The van der Waals surface area contributed by atoms with Crippen molar-refractivity contribution >= 4 is 47.1 Å². The standard InChI is InChI=1S/C24H31BrF2N4O2Si/c1-33-21-7-6-19(28-22(21)31-10-8-24(26,27)9-11-31)23(32)29-18-5-4-17(25)16-20(18)30-12-14-34(2,3)15-13-30/h4-7,16H,8-15H2,1-3H3,(H,29,32). The van der Waals surface area contributed by atoms with E-state index < -0.39 is 14.0 Å². The van der Waals surface area contributed by atoms with E-state index in [0.29, 0.717) is 11.6 Å². The van der Waals surface area contributed by atoms with Crippen LogP contribution in [0.5, 0.6) is 5.75 Å². The van der Waals surface area contributed by atoms with E-state index in [1.165, 1.54) is 19.2 Å². The predicted octanol–water partition coefficient (Wildman–Crippen LogP) is 5.87. The van der Waals surface area contributed by atoms with Gasteiger partial charge in [0.1, 0.15) is 5.69 Å². The molecule has 0 atom stereocenters. The van der Waals surface area contributed by atoms with E-state index in [0.717, 1.165) is 28.9 Å². The van der Waals surface area contributed by atoms with E-state index in [1.54, 1.807) is 17.0 Å². The Morgan fingerprint density at radius 2 is 1.76 bits per heavy atom. The van der Waals surface area contributed by atoms with Crippen LogP contribution in [-0.2, 0) is 0 Å². The van der Waals surface area contributed by atoms with Crippen LogP contribution < -0.4 is 19.9 Å². The molecule has 0 radical (unpaired) electrons. The molecule has 0 unspecified atom stereocenters. The summed E-state index contributed by atoms with van der Waals surface area (Å²) in [5.41, 5.74) is 1.93. The first-order valence-electron chi connectivity index (χ1n) is 11.6. The number of aromatic nitrogens is 1. The molecule has 2 fully saturated rings. The number of anilines is 3. The lowest BCUT2D eigenvalue weighted by molar-refractivity contribution is -0.0222. The molecule has 0 spiro atoms. The van der Waals surface area contributed by atoms with Gasteiger partial charge in [0.2, 0.25) is 0 Å². The fourth-order valence-corrected chi connectivity index (χ4v) is 6.75. The number of pyridine rings is 1. The molecule has 2 saturated heterocycles. The smallest absolute Gasteiger partial charge is 0.274 e. The lowest BCUT2D eigenvalue weighted by Crippen LogP contribution is -2.43. The van der Waals surface area contributed by atoms with Crippen molar-refractivity contribution in [1.29, 1.82) is 0 Å². The van der Waals surface area contributed by atoms with Gasteiger partial charge in [-0.2, -0.15) is 0 Å². The van der Waals surface area contributed by atoms with Gasteiger partial charge in [-0.3, -0.25) is 4.79 Å². The van der Waals surface area contributed by atoms with Gasteiger partial charge >= 0.3 is 0 Å². The van der Waals surface area contributed by atoms with Crippen LogP contribution in [0.3, 0.4) is 0 Å². The summed E-state index contributed by atoms with van der Waals surface area (Å²) in [6, 6.07) is 11.5. The largest absolute Gasteiger partial charge is 0.493 e. The van der Waals surface area contributed by atoms with Crippen molar-refractivity contribution in [1.82, 2.24) is 4.98 Å². The fourth-order valence-electron chi connectivity index (χ4n) is 4.41. The molecule has 0 bridgehead atoms. The number of alkyl halides is 2. The molecule has 2 aromatic rings. The minimum atomic E-state index is -2.66. The number of piperidine rings is 1. The monoisotopic (exact) mass is 552 g/mol. The summed E-state index contributed by atoms with van der Waals surface area (Å²) in [7, 11) is 0.374. The van der Waals surface area contributed by atoms with Crippen molar-refractivity contribution < 1.29 is 18.3 Å². The number of methoxy groups -OCH3 is 1. The number of rotatable bonds is 5. The maximum atomic E-state index is 13.6. The molecular formula is C24H31BrF2N4O2Si. The van der Waals surface area contributed by atoms with Crippen molar-refractivity contribution in [2.45, 2.75) is 43.9 Å². The van der Waals surface area contributed by atoms with E-state index >= 15 is 0 Å². The van der Waals surface area contributed by atoms with Gasteiger partial charge in [-0.1, -0.05) is 29.0 Å². The molecule has 34 heavy (non-hydrogen) atoms. The second kappa shape index (κ2) is 9.81. The molecule has 1 aromatic heterocycles. The first kappa shape index (κ1) is 24.9. The molecule has 2 aliphatic rings. The summed E-state index contributed by atoms with van der Waals surface area (Å²) in [4.78, 5) is 21.8. The molecule has 2 aliphatic heterocycles. The molecule has 10 heteroatoms. The Hall–Kier alpha value is -2.20. The van der Waals surface area contributed by atoms with Crippen LogP contribution in [0.4, 0.5) is 26.0 Å². The first-order valence-corrected chi connectivity index (χ1v) is 15.8. The average Bonchev–Trinajstić information content (AvgIpc) is 2.80. The fraction of sp³-hybridized carbons (Fsp3) is 0.500. The summed E-state index contributed by atoms with van der Waals surface area (Å²) in [5.74, 6) is -2.12. The Balaban J connectivity index is 1.55. The van der Waals surface area contributed by atoms with Crippen LogP contribution in [0.2, 0.25) is 25.2 Å². The quantitative estimate of drug-likeness (QED) is 0.470. The van der Waals surface area contributed by atoms with Gasteiger partial charge in [0.15, 0.2) is 11.6 Å². The van der Waals surface area contributed by atoms with E-state index in [2.05, 4.69) is 44.2 Å². The molecule has 1 N–H and O–H groups in total. The molecule has 184 valence electrons. The van der Waals surface area contributed by atoms with E-state index in [1.807, 2.05) is 18.2 Å². The molecule has 1 aromatic carbocycles. The highest BCUT2D eigenvalue weighted by Crippen LogP contribution is 2.36. The van der Waals surface area contributed by atoms with Crippen molar-refractivity contribution in [3.63, 3.8) is 0 Å². The van der Waals surface area contributed by atoms with Crippen molar-refractivity contribution in [2.75, 3.05) is 48.4 Å². The molecule has 1 amide bonds. The van der Waals surface area contributed by atoms with Crippen LogP contribution in [0, 0.1) is 0 Å². The number of hydrogen-bond donors (Lipinski definition) is 1. The Morgan fingerprint density at radius 1 is 1.09 bits per heavy atom. The Labute approximate surface area is 208 Å². The van der Waals surface area contributed by atoms with Gasteiger partial charge in [-0.05, 0) is 42.4 Å². The number of benzene rings is 1. The highest BCUT2D eigenvalue weighted by molar-refractivity contribution is 9.10. The minimum Gasteiger partial charge on any atom is -0.493 e. The molecule has 4 rings (SSSR count). The zero-order valence-corrected chi connectivity index (χ0v) is 22.4. The van der Waals surface area contributed by atoms with E-state index in [4.69, 9.17) is 4.74 Å². The predicted molar refractivity (Wildman–Crippen MR) is 139 cm³/mol. The summed E-state index contributed by atoms with van der Waals surface area (Å²) < 4.78 is 33.6. The molecule has 6 nitrogen and oxygen atoms in total. The van der Waals surface area contributed by atoms with Crippen molar-refractivity contribution in [3.8, 4) is 5.75 Å². The highest BCUT2D eigenvalue weighted by atomic mass is 79.9. The molecular weight excluding hydrogens is 522 g/mol. The summed E-state index contributed by atoms with van der Waals surface area (Å²) >= 11 is 3.56. The summed E-state index contributed by atoms with van der Waals surface area (Å²) in [5, 5.41) is 3.02. The number of carbonyl (C=O) groups excluding carboxylic acids is 1. The van der Waals surface area contributed by atoms with Gasteiger partial charge in [-0.25, -0.2) is 13.8 Å². The second-order valence-corrected chi connectivity index (χ2v) is 16.1. The Bertz CT molecular complexity index is 1050. The average molecular weight is 554 g/mol. The van der Waals surface area contributed by atoms with Gasteiger partial charge < -0.3 is 19.9 Å². The minimum absolute atomic E-state index is 0.160. The maximum absolute atomic E-state index is 13.6. The van der Waals surface area contributed by atoms with Crippen LogP contribution in [-0.4, -0.2) is 58.2 Å². The topological polar surface area (TPSA) is 57.7 Å². The van der Waals surface area contributed by atoms with Crippen LogP contribution >= 0.6 is 15.9 Å². The summed E-state index contributed by atoms with van der Waals surface area (Å²) in [6.45, 7) is 7.11. The zero-order valence-electron chi connectivity index (χ0n) is 19.8. The zero-order chi connectivity index (χ0) is 24.5. The summed E-state index contributed by atoms with van der Waals surface area (Å²) in [6.07, 6.45) is -0.488. The van der Waals surface area contributed by atoms with Gasteiger partial charge in [0.25, 0.3) is 11.8 Å². The number of amides is 1. The number of nitrogens with one attached hydrogen (secondary N) is 1. The normalized spacial score (nSPS) is 19.6. The van der Waals surface area contributed by atoms with Gasteiger partial charge in [0.05, 0.1) is 26.6 Å². The van der Waals surface area contributed by atoms with Gasteiger partial charge in [0, 0.05) is 43.5 Å². The SMILES string of the molecule is COc1ccc(C(=O)Nc2ccc(Br)cc2N2CC[Si](C)(C)CC2)nc1N1CCC(F)(F)CC1. The lowest BCUT2D eigenvalue weighted by atomic mass is 10.1. The second-order valence-electron chi connectivity index (χ2n) is 9.83. The Morgan fingerprint density at radius 3 is 2.41 bits per heavy atom. The number of hydrogen-bond acceptors (Lipinski definition) is 5. The number of ether oxygens (including phenoxy) is 1. The van der Waals surface area contributed by atoms with Crippen LogP contribution in [0.1, 0.15) is 23.3 Å². The van der Waals surface area contributed by atoms with E-state index in [-0.39, 0.29) is 37.5 Å². The third-order valence-electron chi connectivity index (χ3n) is 6.75. The molecule has 0 aliphatic carbocycles. The molecule has 3 heterocycles. The van der Waals surface area contributed by atoms with Crippen LogP contribution in [0.25, 0.3) is 0 Å². The van der Waals surface area contributed by atoms with Crippen molar-refractivity contribution in [2.24, 2.45) is 0 Å². The maximum Gasteiger partial charge on any atom is 0.274 e. The number of nitrogens with zero attached hydrogens (tertiary/aromatic N) is 3. The molecule has 0 saturated carbocycles. The van der Waals surface area contributed by atoms with Crippen LogP contribution in [0.15, 0.2) is 34.8 Å². The lowest BCUT2D eigenvalue weighted by Gasteiger charge is -2.38. The third-order valence-corrected chi connectivity index (χ3v) is 10.4.